The van der Waals surface area contributed by atoms with Gasteiger partial charge in [-0.15, -0.1) is 11.6 Å². The van der Waals surface area contributed by atoms with Gasteiger partial charge in [0.2, 0.25) is 0 Å². The first-order chi connectivity index (χ1) is 5.75. The summed E-state index contributed by atoms with van der Waals surface area (Å²) in [5.41, 5.74) is 0. The summed E-state index contributed by atoms with van der Waals surface area (Å²) in [6.07, 6.45) is -5.02. The number of carboxylic acid groups (broad SMARTS) is 1. The lowest BCUT2D eigenvalue weighted by Gasteiger charge is -2.08. The summed E-state index contributed by atoms with van der Waals surface area (Å²) in [5.74, 6) is -3.71. The van der Waals surface area contributed by atoms with Gasteiger partial charge in [-0.3, -0.25) is 9.59 Å². The van der Waals surface area contributed by atoms with Gasteiger partial charge in [-0.2, -0.15) is 13.2 Å². The van der Waals surface area contributed by atoms with Crippen molar-refractivity contribution in [3.8, 4) is 0 Å². The first kappa shape index (κ1) is 12.0. The van der Waals surface area contributed by atoms with E-state index in [0.29, 0.717) is 0 Å². The van der Waals surface area contributed by atoms with Gasteiger partial charge in [-0.25, -0.2) is 0 Å². The summed E-state index contributed by atoms with van der Waals surface area (Å²) in [7, 11) is 0. The Morgan fingerprint density at radius 1 is 1.46 bits per heavy atom. The van der Waals surface area contributed by atoms with Crippen LogP contribution in [0.3, 0.4) is 0 Å². The Kier molecular flexibility index (Phi) is 3.99. The van der Waals surface area contributed by atoms with Crippen molar-refractivity contribution in [2.45, 2.75) is 11.6 Å². The molecule has 0 heterocycles. The molecular weight excluding hydrogens is 215 g/mol. The Morgan fingerprint density at radius 2 is 1.92 bits per heavy atom. The summed E-state index contributed by atoms with van der Waals surface area (Å²) in [5, 5.41) is 7.90. The van der Waals surface area contributed by atoms with Crippen molar-refractivity contribution in [3.05, 3.63) is 0 Å². The van der Waals surface area contributed by atoms with Crippen LogP contribution in [0.25, 0.3) is 0 Å². The summed E-state index contributed by atoms with van der Waals surface area (Å²) in [6.45, 7) is -0.769. The van der Waals surface area contributed by atoms with E-state index in [0.717, 1.165) is 0 Å². The summed E-state index contributed by atoms with van der Waals surface area (Å²) < 4.78 is 34.5. The second kappa shape index (κ2) is 4.31. The monoisotopic (exact) mass is 219 g/mol. The predicted octanol–water partition coefficient (Wildman–Crippen LogP) is 0.357. The van der Waals surface area contributed by atoms with Crippen LogP contribution < -0.4 is 5.32 Å². The molecule has 2 N–H and O–H groups in total. The van der Waals surface area contributed by atoms with Crippen LogP contribution in [0.15, 0.2) is 0 Å². The number of carboxylic acids is 1. The molecule has 0 fully saturated rings. The average molecular weight is 220 g/mol. The lowest BCUT2D eigenvalue weighted by atomic mass is 10.4. The minimum absolute atomic E-state index is 0.769. The van der Waals surface area contributed by atoms with Gasteiger partial charge in [0.25, 0.3) is 0 Å². The molecule has 8 heteroatoms. The molecule has 0 aliphatic carbocycles. The molecule has 0 aromatic carbocycles. The van der Waals surface area contributed by atoms with Crippen LogP contribution in [0.1, 0.15) is 0 Å². The second-order valence-corrected chi connectivity index (χ2v) is 2.54. The second-order valence-electron chi connectivity index (χ2n) is 2.01. The zero-order valence-corrected chi connectivity index (χ0v) is 6.82. The van der Waals surface area contributed by atoms with Crippen molar-refractivity contribution in [1.29, 1.82) is 0 Å². The lowest BCUT2D eigenvalue weighted by molar-refractivity contribution is -0.173. The van der Waals surface area contributed by atoms with E-state index in [4.69, 9.17) is 16.7 Å². The first-order valence-electron chi connectivity index (χ1n) is 2.97. The number of aliphatic carboxylic acids is 1. The van der Waals surface area contributed by atoms with Crippen molar-refractivity contribution in [1.82, 2.24) is 5.32 Å². The van der Waals surface area contributed by atoms with Crippen LogP contribution >= 0.6 is 11.6 Å². The van der Waals surface area contributed by atoms with Crippen LogP contribution in [0.5, 0.6) is 0 Å². The van der Waals surface area contributed by atoms with E-state index in [9.17, 15) is 22.8 Å². The largest absolute Gasteiger partial charge is 0.480 e. The standard InChI is InChI=1S/C5H5ClF3NO3/c6-2(3(11)12)1-10-4(13)5(7,8)9/h2H,1H2,(H,10,13)(H,11,12). The lowest BCUT2D eigenvalue weighted by Crippen LogP contribution is -2.41. The van der Waals surface area contributed by atoms with E-state index in [1.165, 1.54) is 5.32 Å². The molecule has 0 rings (SSSR count). The summed E-state index contributed by atoms with van der Waals surface area (Å²) in [4.78, 5) is 20.1. The van der Waals surface area contributed by atoms with E-state index in [1.54, 1.807) is 0 Å². The fraction of sp³-hybridized carbons (Fsp3) is 0.600. The van der Waals surface area contributed by atoms with Crippen molar-refractivity contribution in [2.24, 2.45) is 0 Å². The Morgan fingerprint density at radius 3 is 2.23 bits per heavy atom. The Bertz CT molecular complexity index is 218. The average Bonchev–Trinajstić information content (AvgIpc) is 1.97. The molecule has 1 amide bonds. The van der Waals surface area contributed by atoms with Crippen molar-refractivity contribution in [2.75, 3.05) is 6.54 Å². The molecule has 0 saturated carbocycles. The highest BCUT2D eigenvalue weighted by molar-refractivity contribution is 6.29. The number of hydrogen-bond acceptors (Lipinski definition) is 2. The quantitative estimate of drug-likeness (QED) is 0.674. The van der Waals surface area contributed by atoms with E-state index in [-0.39, 0.29) is 0 Å². The minimum Gasteiger partial charge on any atom is -0.480 e. The summed E-state index contributed by atoms with van der Waals surface area (Å²) >= 11 is 5.03. The van der Waals surface area contributed by atoms with Gasteiger partial charge in [-0.05, 0) is 0 Å². The van der Waals surface area contributed by atoms with E-state index < -0.39 is 30.0 Å². The van der Waals surface area contributed by atoms with E-state index in [2.05, 4.69) is 0 Å². The van der Waals surface area contributed by atoms with Gasteiger partial charge in [0, 0.05) is 6.54 Å². The Hall–Kier alpha value is -0.980. The SMILES string of the molecule is O=C(O)C(Cl)CNC(=O)C(F)(F)F. The topological polar surface area (TPSA) is 66.4 Å². The van der Waals surface area contributed by atoms with E-state index in [1.807, 2.05) is 0 Å². The number of amides is 1. The highest BCUT2D eigenvalue weighted by Gasteiger charge is 2.38. The zero-order chi connectivity index (χ0) is 10.6. The molecule has 76 valence electrons. The van der Waals surface area contributed by atoms with Crippen LogP contribution in [-0.2, 0) is 9.59 Å². The number of alkyl halides is 4. The van der Waals surface area contributed by atoms with Crippen LogP contribution in [0.4, 0.5) is 13.2 Å². The molecule has 4 nitrogen and oxygen atoms in total. The molecule has 1 unspecified atom stereocenters. The van der Waals surface area contributed by atoms with Gasteiger partial charge in [-0.1, -0.05) is 0 Å². The molecular formula is C5H5ClF3NO3. The third-order valence-electron chi connectivity index (χ3n) is 0.967. The van der Waals surface area contributed by atoms with Crippen LogP contribution in [0, 0.1) is 0 Å². The maximum Gasteiger partial charge on any atom is 0.471 e. The molecule has 0 aliphatic heterocycles. The fourth-order valence-electron chi connectivity index (χ4n) is 0.370. The molecule has 0 radical (unpaired) electrons. The number of halogens is 4. The van der Waals surface area contributed by atoms with E-state index >= 15 is 0 Å². The molecule has 0 aromatic heterocycles. The van der Waals surface area contributed by atoms with Gasteiger partial charge in [0.15, 0.2) is 0 Å². The number of carbonyl (C=O) groups is 2. The highest BCUT2D eigenvalue weighted by atomic mass is 35.5. The maximum absolute atomic E-state index is 11.5. The van der Waals surface area contributed by atoms with Gasteiger partial charge in [0.05, 0.1) is 0 Å². The van der Waals surface area contributed by atoms with Crippen molar-refractivity contribution >= 4 is 23.5 Å². The fourth-order valence-corrected chi connectivity index (χ4v) is 0.447. The van der Waals surface area contributed by atoms with Crippen molar-refractivity contribution < 1.29 is 27.9 Å². The number of nitrogens with one attached hydrogen (secondary N) is 1. The zero-order valence-electron chi connectivity index (χ0n) is 6.06. The normalized spacial score (nSPS) is 13.5. The Balaban J connectivity index is 3.91. The smallest absolute Gasteiger partial charge is 0.471 e. The van der Waals surface area contributed by atoms with Gasteiger partial charge < -0.3 is 10.4 Å². The molecule has 0 saturated heterocycles. The van der Waals surface area contributed by atoms with Crippen molar-refractivity contribution in [3.63, 3.8) is 0 Å². The molecule has 1 atom stereocenters. The maximum atomic E-state index is 11.5. The minimum atomic E-state index is -5.02. The molecule has 0 spiro atoms. The number of hydrogen-bond donors (Lipinski definition) is 2. The van der Waals surface area contributed by atoms with Crippen LogP contribution in [-0.4, -0.2) is 35.1 Å². The van der Waals surface area contributed by atoms with Gasteiger partial charge in [0.1, 0.15) is 5.38 Å². The molecule has 13 heavy (non-hydrogen) atoms. The predicted molar refractivity (Wildman–Crippen MR) is 36.3 cm³/mol. The van der Waals surface area contributed by atoms with Gasteiger partial charge >= 0.3 is 18.1 Å². The third-order valence-corrected chi connectivity index (χ3v) is 1.31. The number of rotatable bonds is 3. The first-order valence-corrected chi connectivity index (χ1v) is 3.40. The highest BCUT2D eigenvalue weighted by Crippen LogP contribution is 2.14. The van der Waals surface area contributed by atoms with Crippen LogP contribution in [0.2, 0.25) is 0 Å². The molecule has 0 bridgehead atoms. The third kappa shape index (κ3) is 4.56. The molecule has 0 aliphatic rings. The molecule has 0 aromatic rings. The Labute approximate surface area is 75.7 Å². The number of carbonyl (C=O) groups excluding carboxylic acids is 1. The summed E-state index contributed by atoms with van der Waals surface area (Å²) in [6, 6.07) is 0.